The Morgan fingerprint density at radius 1 is 1.00 bits per heavy atom. The number of rotatable bonds is 0. The molecule has 78 valence electrons. The van der Waals surface area contributed by atoms with E-state index >= 15 is 0 Å². The first kappa shape index (κ1) is 22.6. The van der Waals surface area contributed by atoms with Crippen LogP contribution in [0.3, 0.4) is 0 Å². The highest BCUT2D eigenvalue weighted by Crippen LogP contribution is 1.50. The molecule has 0 aliphatic carbocycles. The minimum atomic E-state index is 0.167. The monoisotopic (exact) mass is 182 g/mol. The molecule has 0 amide bonds. The summed E-state index contributed by atoms with van der Waals surface area (Å²) < 4.78 is 0. The molecule has 0 rings (SSSR count). The van der Waals surface area contributed by atoms with Crippen molar-refractivity contribution in [3.05, 3.63) is 0 Å². The van der Waals surface area contributed by atoms with Crippen LogP contribution in [0.4, 0.5) is 0 Å². The Morgan fingerprint density at radius 3 is 1.00 bits per heavy atom. The lowest BCUT2D eigenvalue weighted by molar-refractivity contribution is -0.114. The van der Waals surface area contributed by atoms with Gasteiger partial charge in [-0.05, 0) is 27.7 Å². The molecule has 4 heteroatoms. The number of carbonyl (C=O) groups is 1. The number of ketones is 1. The maximum atomic E-state index is 9.44. The molecular formula is C8H22O4. The van der Waals surface area contributed by atoms with Crippen molar-refractivity contribution in [3.63, 3.8) is 0 Å². The molecule has 0 fully saturated rings. The zero-order chi connectivity index (χ0) is 11.0. The van der Waals surface area contributed by atoms with E-state index in [4.69, 9.17) is 15.3 Å². The van der Waals surface area contributed by atoms with Crippen LogP contribution >= 0.6 is 0 Å². The number of hydrogen-bond donors (Lipinski definition) is 3. The van der Waals surface area contributed by atoms with Gasteiger partial charge in [-0.3, -0.25) is 0 Å². The van der Waals surface area contributed by atoms with E-state index in [0.717, 1.165) is 7.11 Å². The van der Waals surface area contributed by atoms with E-state index in [1.54, 1.807) is 13.8 Å². The second-order valence-corrected chi connectivity index (χ2v) is 1.54. The van der Waals surface area contributed by atoms with Crippen LogP contribution < -0.4 is 0 Å². The molecule has 0 unspecified atom stereocenters. The van der Waals surface area contributed by atoms with Gasteiger partial charge in [0.15, 0.2) is 0 Å². The van der Waals surface area contributed by atoms with Crippen LogP contribution in [0.5, 0.6) is 0 Å². The molecule has 0 bridgehead atoms. The lowest BCUT2D eigenvalue weighted by Gasteiger charge is -1.56. The molecule has 0 heterocycles. The minimum Gasteiger partial charge on any atom is -0.400 e. The highest BCUT2D eigenvalue weighted by Gasteiger charge is 1.62. The van der Waals surface area contributed by atoms with Crippen LogP contribution in [0.2, 0.25) is 0 Å². The van der Waals surface area contributed by atoms with Crippen LogP contribution in [0.25, 0.3) is 0 Å². The van der Waals surface area contributed by atoms with Crippen LogP contribution in [-0.4, -0.2) is 41.4 Å². The number of aliphatic hydroxyl groups excluding tert-OH is 3. The van der Waals surface area contributed by atoms with E-state index in [2.05, 4.69) is 0 Å². The smallest absolute Gasteiger partial charge is 0.126 e. The van der Waals surface area contributed by atoms with Gasteiger partial charge in [0.2, 0.25) is 0 Å². The molecule has 0 saturated heterocycles. The topological polar surface area (TPSA) is 77.8 Å². The van der Waals surface area contributed by atoms with Crippen molar-refractivity contribution in [2.75, 3.05) is 20.3 Å². The third-order valence-corrected chi connectivity index (χ3v) is 0. The Kier molecular flexibility index (Phi) is 87.3. The van der Waals surface area contributed by atoms with Gasteiger partial charge in [-0.25, -0.2) is 0 Å². The molecule has 0 spiro atoms. The van der Waals surface area contributed by atoms with E-state index in [1.165, 1.54) is 13.8 Å². The van der Waals surface area contributed by atoms with Gasteiger partial charge in [0.1, 0.15) is 5.78 Å². The normalized spacial score (nSPS) is 5.67. The molecule has 12 heavy (non-hydrogen) atoms. The summed E-state index contributed by atoms with van der Waals surface area (Å²) >= 11 is 0. The largest absolute Gasteiger partial charge is 0.400 e. The van der Waals surface area contributed by atoms with Gasteiger partial charge >= 0.3 is 0 Å². The van der Waals surface area contributed by atoms with Gasteiger partial charge in [0.25, 0.3) is 0 Å². The summed E-state index contributed by atoms with van der Waals surface area (Å²) in [7, 11) is 1.00. The lowest BCUT2D eigenvalue weighted by atomic mass is 10.6. The van der Waals surface area contributed by atoms with Gasteiger partial charge in [-0.1, -0.05) is 0 Å². The molecule has 0 radical (unpaired) electrons. The highest BCUT2D eigenvalue weighted by atomic mass is 16.3. The molecule has 0 atom stereocenters. The maximum absolute atomic E-state index is 9.44. The molecule has 0 aromatic carbocycles. The Morgan fingerprint density at radius 2 is 1.00 bits per heavy atom. The zero-order valence-corrected chi connectivity index (χ0v) is 8.66. The predicted octanol–water partition coefficient (Wildman–Crippen LogP) is 0.201. The summed E-state index contributed by atoms with van der Waals surface area (Å²) in [6.45, 7) is 6.92. The van der Waals surface area contributed by atoms with Crippen molar-refractivity contribution in [3.8, 4) is 0 Å². The summed E-state index contributed by atoms with van der Waals surface area (Å²) in [6, 6.07) is 0. The first-order valence-corrected chi connectivity index (χ1v) is 3.70. The summed E-state index contributed by atoms with van der Waals surface area (Å²) in [5, 5.41) is 22.1. The molecule has 4 nitrogen and oxygen atoms in total. The summed E-state index contributed by atoms with van der Waals surface area (Å²) in [6.07, 6.45) is 0. The third-order valence-electron chi connectivity index (χ3n) is 0. The minimum absolute atomic E-state index is 0.167. The van der Waals surface area contributed by atoms with Crippen molar-refractivity contribution < 1.29 is 20.1 Å². The van der Waals surface area contributed by atoms with E-state index in [1.807, 2.05) is 0 Å². The number of hydrogen-bond acceptors (Lipinski definition) is 4. The molecule has 0 aliphatic heterocycles. The zero-order valence-electron chi connectivity index (χ0n) is 8.66. The Labute approximate surface area is 74.9 Å². The number of aliphatic hydroxyl groups is 3. The molecule has 0 aliphatic rings. The van der Waals surface area contributed by atoms with Crippen molar-refractivity contribution in [2.24, 2.45) is 0 Å². The summed E-state index contributed by atoms with van der Waals surface area (Å²) in [5.74, 6) is 0.167. The van der Waals surface area contributed by atoms with Gasteiger partial charge < -0.3 is 20.1 Å². The van der Waals surface area contributed by atoms with Crippen LogP contribution in [0, 0.1) is 0 Å². The second-order valence-electron chi connectivity index (χ2n) is 1.54. The van der Waals surface area contributed by atoms with Crippen LogP contribution in [0.15, 0.2) is 0 Å². The fraction of sp³-hybridized carbons (Fsp3) is 0.875. The summed E-state index contributed by atoms with van der Waals surface area (Å²) in [5.41, 5.74) is 0. The van der Waals surface area contributed by atoms with Crippen molar-refractivity contribution in [1.29, 1.82) is 0 Å². The fourth-order valence-corrected chi connectivity index (χ4v) is 0. The van der Waals surface area contributed by atoms with Gasteiger partial charge in [-0.15, -0.1) is 0 Å². The summed E-state index contributed by atoms with van der Waals surface area (Å²) in [4.78, 5) is 9.44. The van der Waals surface area contributed by atoms with Crippen molar-refractivity contribution in [2.45, 2.75) is 27.7 Å². The molecular weight excluding hydrogens is 160 g/mol. The molecule has 0 aromatic heterocycles. The van der Waals surface area contributed by atoms with E-state index in [0.29, 0.717) is 0 Å². The van der Waals surface area contributed by atoms with Crippen molar-refractivity contribution >= 4 is 5.78 Å². The highest BCUT2D eigenvalue weighted by molar-refractivity contribution is 5.72. The van der Waals surface area contributed by atoms with Crippen LogP contribution in [-0.2, 0) is 4.79 Å². The second kappa shape index (κ2) is 46.5. The fourth-order valence-electron chi connectivity index (χ4n) is 0. The predicted molar refractivity (Wildman–Crippen MR) is 50.0 cm³/mol. The van der Waals surface area contributed by atoms with E-state index < -0.39 is 0 Å². The van der Waals surface area contributed by atoms with Gasteiger partial charge in [0, 0.05) is 20.3 Å². The maximum Gasteiger partial charge on any atom is 0.126 e. The molecule has 0 saturated carbocycles. The standard InChI is InChI=1S/C3H6O.2C2H6O.CH4O/c1-3(2)4;2*1-2-3;1-2/h1-2H3;2*3H,2H2,1H3;2H,1H3. The third kappa shape index (κ3) is 3450. The Bertz CT molecular complexity index is 49.0. The SMILES string of the molecule is CC(C)=O.CCO.CCO.CO. The molecule has 0 aromatic rings. The quantitative estimate of drug-likeness (QED) is 0.500. The molecule has 3 N–H and O–H groups in total. The number of Topliss-reactive ketones (excluding diaryl/α,β-unsaturated/α-hetero) is 1. The Balaban J connectivity index is -0.0000000368. The Hall–Kier alpha value is -0.450. The number of carbonyl (C=O) groups excluding carboxylic acids is 1. The van der Waals surface area contributed by atoms with Crippen LogP contribution in [0.1, 0.15) is 27.7 Å². The van der Waals surface area contributed by atoms with Gasteiger partial charge in [0.05, 0.1) is 0 Å². The first-order chi connectivity index (χ1) is 5.56. The average Bonchev–Trinajstić information content (AvgIpc) is 1.92. The van der Waals surface area contributed by atoms with Crippen molar-refractivity contribution in [1.82, 2.24) is 0 Å². The van der Waals surface area contributed by atoms with E-state index in [-0.39, 0.29) is 19.0 Å². The average molecular weight is 182 g/mol. The van der Waals surface area contributed by atoms with Gasteiger partial charge in [-0.2, -0.15) is 0 Å². The van der Waals surface area contributed by atoms with E-state index in [9.17, 15) is 4.79 Å². The first-order valence-electron chi connectivity index (χ1n) is 3.70. The lowest BCUT2D eigenvalue weighted by Crippen LogP contribution is -1.69.